The van der Waals surface area contributed by atoms with Crippen LogP contribution in [-0.4, -0.2) is 6.79 Å². The van der Waals surface area contributed by atoms with Crippen molar-refractivity contribution in [2.75, 3.05) is 12.5 Å². The Bertz CT molecular complexity index is 328. The monoisotopic (exact) mass is 214 g/mol. The van der Waals surface area contributed by atoms with E-state index in [0.29, 0.717) is 6.79 Å². The van der Waals surface area contributed by atoms with Crippen LogP contribution in [0.2, 0.25) is 0 Å². The Hall–Kier alpha value is -1.09. The Labute approximate surface area is 89.6 Å². The fourth-order valence-electron chi connectivity index (χ4n) is 1.49. The lowest BCUT2D eigenvalue weighted by Crippen LogP contribution is -3.00. The van der Waals surface area contributed by atoms with Crippen LogP contribution in [0.1, 0.15) is 18.9 Å². The van der Waals surface area contributed by atoms with Gasteiger partial charge in [0.2, 0.25) is 6.79 Å². The van der Waals surface area contributed by atoms with E-state index in [1.165, 1.54) is 0 Å². The highest BCUT2D eigenvalue weighted by atomic mass is 35.5. The average Bonchev–Trinajstić information content (AvgIpc) is 2.52. The fourth-order valence-corrected chi connectivity index (χ4v) is 1.49. The van der Waals surface area contributed by atoms with Gasteiger partial charge < -0.3 is 27.6 Å². The molecule has 1 aromatic rings. The molecule has 0 bridgehead atoms. The van der Waals surface area contributed by atoms with Crippen molar-refractivity contribution >= 4 is 5.69 Å². The Morgan fingerprint density at radius 1 is 1.29 bits per heavy atom. The van der Waals surface area contributed by atoms with E-state index in [0.717, 1.165) is 35.6 Å². The predicted molar refractivity (Wildman–Crippen MR) is 51.0 cm³/mol. The summed E-state index contributed by atoms with van der Waals surface area (Å²) in [6.07, 6.45) is 2.08. The van der Waals surface area contributed by atoms with Gasteiger partial charge in [-0.25, -0.2) is 0 Å². The van der Waals surface area contributed by atoms with Gasteiger partial charge in [-0.15, -0.1) is 0 Å². The van der Waals surface area contributed by atoms with Crippen LogP contribution in [0.15, 0.2) is 12.1 Å². The van der Waals surface area contributed by atoms with E-state index in [-0.39, 0.29) is 12.4 Å². The van der Waals surface area contributed by atoms with Gasteiger partial charge in [0.25, 0.3) is 0 Å². The second-order valence-corrected chi connectivity index (χ2v) is 3.15. The summed E-state index contributed by atoms with van der Waals surface area (Å²) in [5, 5.41) is 0. The number of aryl methyl sites for hydroxylation is 1. The number of anilines is 1. The first-order valence-corrected chi connectivity index (χ1v) is 4.49. The van der Waals surface area contributed by atoms with Gasteiger partial charge in [0.15, 0.2) is 11.5 Å². The molecule has 1 aliphatic heterocycles. The molecular weight excluding hydrogens is 202 g/mol. The first-order valence-electron chi connectivity index (χ1n) is 4.49. The van der Waals surface area contributed by atoms with Gasteiger partial charge >= 0.3 is 0 Å². The van der Waals surface area contributed by atoms with E-state index in [1.54, 1.807) is 0 Å². The van der Waals surface area contributed by atoms with Crippen molar-refractivity contribution in [3.05, 3.63) is 17.7 Å². The molecule has 0 aliphatic carbocycles. The van der Waals surface area contributed by atoms with Crippen molar-refractivity contribution in [3.8, 4) is 11.5 Å². The van der Waals surface area contributed by atoms with E-state index in [4.69, 9.17) is 15.2 Å². The molecule has 0 unspecified atom stereocenters. The van der Waals surface area contributed by atoms with Gasteiger partial charge in [-0.05, 0) is 18.1 Å². The quantitative estimate of drug-likeness (QED) is 0.640. The van der Waals surface area contributed by atoms with Crippen LogP contribution in [-0.2, 0) is 6.42 Å². The summed E-state index contributed by atoms with van der Waals surface area (Å²) in [4.78, 5) is 0. The molecule has 1 aromatic carbocycles. The second kappa shape index (κ2) is 4.42. The summed E-state index contributed by atoms with van der Waals surface area (Å²) in [6, 6.07) is 3.81. The Kier molecular flexibility index (Phi) is 3.47. The van der Waals surface area contributed by atoms with Gasteiger partial charge in [-0.1, -0.05) is 13.3 Å². The van der Waals surface area contributed by atoms with Crippen LogP contribution in [0.4, 0.5) is 5.69 Å². The molecule has 0 fully saturated rings. The van der Waals surface area contributed by atoms with E-state index in [2.05, 4.69) is 6.92 Å². The van der Waals surface area contributed by atoms with Crippen LogP contribution in [0.25, 0.3) is 0 Å². The van der Waals surface area contributed by atoms with Crippen LogP contribution in [0.3, 0.4) is 0 Å². The SMILES string of the molecule is CCCc1cc2c(cc1N)OCO2.[Cl-]. The molecule has 1 heterocycles. The first-order chi connectivity index (χ1) is 6.31. The van der Waals surface area contributed by atoms with E-state index < -0.39 is 0 Å². The van der Waals surface area contributed by atoms with E-state index >= 15 is 0 Å². The standard InChI is InChI=1S/C10H13NO2.ClH/c1-2-3-7-4-9-10(5-8(7)11)13-6-12-9;/h4-5H,2-3,6,11H2,1H3;1H/p-1. The number of benzene rings is 1. The molecule has 4 heteroatoms. The number of fused-ring (bicyclic) bond motifs is 1. The molecule has 0 amide bonds. The highest BCUT2D eigenvalue weighted by Crippen LogP contribution is 2.36. The maximum absolute atomic E-state index is 5.84. The maximum atomic E-state index is 5.84. The third kappa shape index (κ3) is 1.87. The topological polar surface area (TPSA) is 44.5 Å². The van der Waals surface area contributed by atoms with Gasteiger partial charge in [-0.3, -0.25) is 0 Å². The molecule has 2 rings (SSSR count). The number of ether oxygens (including phenoxy) is 2. The normalized spacial score (nSPS) is 12.4. The van der Waals surface area contributed by atoms with Crippen molar-refractivity contribution in [1.82, 2.24) is 0 Å². The number of halogens is 1. The van der Waals surface area contributed by atoms with Gasteiger partial charge in [0.1, 0.15) is 0 Å². The summed E-state index contributed by atoms with van der Waals surface area (Å²) >= 11 is 0. The zero-order valence-corrected chi connectivity index (χ0v) is 8.80. The molecule has 78 valence electrons. The minimum atomic E-state index is 0. The Morgan fingerprint density at radius 3 is 2.57 bits per heavy atom. The van der Waals surface area contributed by atoms with Crippen molar-refractivity contribution in [2.24, 2.45) is 0 Å². The first kappa shape index (κ1) is 11.0. The number of rotatable bonds is 2. The summed E-state index contributed by atoms with van der Waals surface area (Å²) in [5.41, 5.74) is 7.79. The molecule has 3 nitrogen and oxygen atoms in total. The average molecular weight is 215 g/mol. The van der Waals surface area contributed by atoms with Crippen LogP contribution in [0, 0.1) is 0 Å². The molecular formula is C10H13ClNO2-. The van der Waals surface area contributed by atoms with Gasteiger partial charge in [0.05, 0.1) is 0 Å². The van der Waals surface area contributed by atoms with Crippen molar-refractivity contribution in [1.29, 1.82) is 0 Å². The zero-order chi connectivity index (χ0) is 9.26. The van der Waals surface area contributed by atoms with Crippen LogP contribution >= 0.6 is 0 Å². The second-order valence-electron chi connectivity index (χ2n) is 3.15. The molecule has 0 atom stereocenters. The minimum absolute atomic E-state index is 0. The van der Waals surface area contributed by atoms with Gasteiger partial charge in [-0.2, -0.15) is 0 Å². The number of hydrogen-bond acceptors (Lipinski definition) is 3. The molecule has 0 saturated carbocycles. The Morgan fingerprint density at radius 2 is 1.93 bits per heavy atom. The molecule has 0 spiro atoms. The lowest BCUT2D eigenvalue weighted by molar-refractivity contribution is -0.00000432. The number of nitrogens with two attached hydrogens (primary N) is 1. The molecule has 1 aliphatic rings. The minimum Gasteiger partial charge on any atom is -1.00 e. The number of hydrogen-bond donors (Lipinski definition) is 1. The summed E-state index contributed by atoms with van der Waals surface area (Å²) in [7, 11) is 0. The highest BCUT2D eigenvalue weighted by molar-refractivity contribution is 5.58. The number of nitrogen functional groups attached to an aromatic ring is 1. The zero-order valence-electron chi connectivity index (χ0n) is 8.05. The van der Waals surface area contributed by atoms with Crippen LogP contribution < -0.4 is 27.6 Å². The van der Waals surface area contributed by atoms with Crippen molar-refractivity contribution in [2.45, 2.75) is 19.8 Å². The molecule has 0 aromatic heterocycles. The van der Waals surface area contributed by atoms with Crippen molar-refractivity contribution in [3.63, 3.8) is 0 Å². The van der Waals surface area contributed by atoms with E-state index in [1.807, 2.05) is 12.1 Å². The van der Waals surface area contributed by atoms with Crippen LogP contribution in [0.5, 0.6) is 11.5 Å². The largest absolute Gasteiger partial charge is 1.00 e. The third-order valence-electron chi connectivity index (χ3n) is 2.15. The molecule has 0 saturated heterocycles. The summed E-state index contributed by atoms with van der Waals surface area (Å²) in [6.45, 7) is 2.44. The molecule has 2 N–H and O–H groups in total. The highest BCUT2D eigenvalue weighted by Gasteiger charge is 2.15. The summed E-state index contributed by atoms with van der Waals surface area (Å²) in [5.74, 6) is 1.58. The van der Waals surface area contributed by atoms with Gasteiger partial charge in [0, 0.05) is 11.8 Å². The molecule has 14 heavy (non-hydrogen) atoms. The predicted octanol–water partition coefficient (Wildman–Crippen LogP) is -1.05. The van der Waals surface area contributed by atoms with E-state index in [9.17, 15) is 0 Å². The molecule has 0 radical (unpaired) electrons. The third-order valence-corrected chi connectivity index (χ3v) is 2.15. The fraction of sp³-hybridized carbons (Fsp3) is 0.400. The smallest absolute Gasteiger partial charge is 0.231 e. The maximum Gasteiger partial charge on any atom is 0.231 e. The van der Waals surface area contributed by atoms with Crippen molar-refractivity contribution < 1.29 is 21.9 Å². The Balaban J connectivity index is 0.000000980. The lowest BCUT2D eigenvalue weighted by Gasteiger charge is -2.05. The summed E-state index contributed by atoms with van der Waals surface area (Å²) < 4.78 is 10.5. The lowest BCUT2D eigenvalue weighted by atomic mass is 10.1.